The molecule has 0 bridgehead atoms. The molecule has 4 aromatic carbocycles. The van der Waals surface area contributed by atoms with Gasteiger partial charge in [0.1, 0.15) is 0 Å². The standard InChI is InChI=1S/C42H31N3S/c1-41(2)32-12-6-4-11-30(32)39-33(41)17-16-28-31-22-26(15-18-37(31)46-40(28)39)38-27(24-44)9-8-14-36(38)45-35-13-7-5-10-29(35)34-21-25(23-43)19-20-42(34,45)3/h5-10,12-22,34H,4,11H2,1-3H3. The van der Waals surface area contributed by atoms with Crippen molar-refractivity contribution >= 4 is 48.5 Å². The molecule has 0 saturated carbocycles. The van der Waals surface area contributed by atoms with E-state index in [2.05, 4.69) is 123 Å². The van der Waals surface area contributed by atoms with Gasteiger partial charge >= 0.3 is 0 Å². The molecule has 220 valence electrons. The molecule has 0 radical (unpaired) electrons. The Balaban J connectivity index is 1.27. The van der Waals surface area contributed by atoms with E-state index in [1.54, 1.807) is 0 Å². The first-order valence-electron chi connectivity index (χ1n) is 16.0. The zero-order valence-electron chi connectivity index (χ0n) is 26.1. The van der Waals surface area contributed by atoms with E-state index in [1.807, 2.05) is 29.5 Å². The third kappa shape index (κ3) is 3.46. The van der Waals surface area contributed by atoms with Crippen molar-refractivity contribution in [2.75, 3.05) is 4.90 Å². The van der Waals surface area contributed by atoms with E-state index in [1.165, 1.54) is 48.0 Å². The van der Waals surface area contributed by atoms with E-state index in [0.717, 1.165) is 35.3 Å². The fraction of sp³-hybridized carbons (Fsp3) is 0.190. The minimum Gasteiger partial charge on any atom is -0.330 e. The second-order valence-corrected chi connectivity index (χ2v) is 14.7. The quantitative estimate of drug-likeness (QED) is 0.200. The van der Waals surface area contributed by atoms with E-state index >= 15 is 0 Å². The molecule has 0 saturated heterocycles. The van der Waals surface area contributed by atoms with Crippen LogP contribution in [0.3, 0.4) is 0 Å². The third-order valence-electron chi connectivity index (χ3n) is 10.9. The average Bonchev–Trinajstić information content (AvgIpc) is 3.66. The van der Waals surface area contributed by atoms with E-state index in [-0.39, 0.29) is 11.3 Å². The molecule has 0 spiro atoms. The lowest BCUT2D eigenvalue weighted by Crippen LogP contribution is -2.42. The lowest BCUT2D eigenvalue weighted by Gasteiger charge is -2.40. The molecule has 0 N–H and O–H groups in total. The molecular weight excluding hydrogens is 579 g/mol. The van der Waals surface area contributed by atoms with E-state index < -0.39 is 5.54 Å². The third-order valence-corrected chi connectivity index (χ3v) is 12.1. The van der Waals surface area contributed by atoms with Crippen molar-refractivity contribution in [1.29, 1.82) is 10.5 Å². The molecule has 46 heavy (non-hydrogen) atoms. The first-order chi connectivity index (χ1) is 22.3. The van der Waals surface area contributed by atoms with E-state index in [4.69, 9.17) is 0 Å². The van der Waals surface area contributed by atoms with Crippen molar-refractivity contribution in [1.82, 2.24) is 0 Å². The van der Waals surface area contributed by atoms with Crippen LogP contribution in [-0.2, 0) is 5.41 Å². The molecule has 4 aliphatic rings. The van der Waals surface area contributed by atoms with Crippen LogP contribution >= 0.6 is 11.3 Å². The second-order valence-electron chi connectivity index (χ2n) is 13.6. The molecule has 1 aliphatic heterocycles. The monoisotopic (exact) mass is 609 g/mol. The van der Waals surface area contributed by atoms with Crippen molar-refractivity contribution in [3.8, 4) is 23.3 Å². The average molecular weight is 610 g/mol. The van der Waals surface area contributed by atoms with Gasteiger partial charge in [0, 0.05) is 48.3 Å². The molecule has 3 nitrogen and oxygen atoms in total. The van der Waals surface area contributed by atoms with Gasteiger partial charge in [0.25, 0.3) is 0 Å². The van der Waals surface area contributed by atoms with Crippen molar-refractivity contribution in [2.24, 2.45) is 0 Å². The van der Waals surface area contributed by atoms with Gasteiger partial charge in [0.2, 0.25) is 0 Å². The summed E-state index contributed by atoms with van der Waals surface area (Å²) in [5.41, 5.74) is 12.1. The van der Waals surface area contributed by atoms with Crippen LogP contribution in [0.4, 0.5) is 11.4 Å². The molecule has 3 aliphatic carbocycles. The molecule has 2 unspecified atom stereocenters. The van der Waals surface area contributed by atoms with Gasteiger partial charge in [0.15, 0.2) is 0 Å². The van der Waals surface area contributed by atoms with Crippen LogP contribution in [0, 0.1) is 22.7 Å². The van der Waals surface area contributed by atoms with E-state index in [0.29, 0.717) is 11.1 Å². The summed E-state index contributed by atoms with van der Waals surface area (Å²) < 4.78 is 2.65. The molecule has 0 fully saturated rings. The molecule has 4 heteroatoms. The van der Waals surface area contributed by atoms with Gasteiger partial charge in [-0.1, -0.05) is 80.6 Å². The Hall–Kier alpha value is -5.16. The van der Waals surface area contributed by atoms with Gasteiger partial charge in [0.05, 0.1) is 28.9 Å². The molecular formula is C42H31N3S. The fourth-order valence-corrected chi connectivity index (χ4v) is 9.91. The van der Waals surface area contributed by atoms with Gasteiger partial charge in [-0.2, -0.15) is 10.5 Å². The number of anilines is 2. The highest BCUT2D eigenvalue weighted by atomic mass is 32.1. The van der Waals surface area contributed by atoms with Crippen molar-refractivity contribution in [3.05, 3.63) is 137 Å². The molecule has 1 aromatic heterocycles. The van der Waals surface area contributed by atoms with Crippen LogP contribution in [-0.4, -0.2) is 5.54 Å². The maximum Gasteiger partial charge on any atom is 0.0998 e. The maximum atomic E-state index is 10.5. The summed E-state index contributed by atoms with van der Waals surface area (Å²) in [7, 11) is 0. The van der Waals surface area contributed by atoms with Gasteiger partial charge < -0.3 is 4.90 Å². The topological polar surface area (TPSA) is 50.8 Å². The maximum absolute atomic E-state index is 10.5. The first kappa shape index (κ1) is 27.2. The lowest BCUT2D eigenvalue weighted by molar-refractivity contribution is 0.541. The molecule has 0 amide bonds. The Morgan fingerprint density at radius 3 is 2.54 bits per heavy atom. The second kappa shape index (κ2) is 9.43. The van der Waals surface area contributed by atoms with Crippen LogP contribution < -0.4 is 4.90 Å². The minimum atomic E-state index is -0.431. The molecule has 2 atom stereocenters. The summed E-state index contributed by atoms with van der Waals surface area (Å²) >= 11 is 1.90. The Bertz CT molecular complexity index is 2400. The number of thiophene rings is 1. The van der Waals surface area contributed by atoms with E-state index in [9.17, 15) is 10.5 Å². The number of hydrogen-bond donors (Lipinski definition) is 0. The Morgan fingerprint density at radius 1 is 0.848 bits per heavy atom. The molecule has 5 aromatic rings. The van der Waals surface area contributed by atoms with Crippen LogP contribution in [0.1, 0.15) is 61.8 Å². The largest absolute Gasteiger partial charge is 0.330 e. The highest BCUT2D eigenvalue weighted by Gasteiger charge is 2.48. The van der Waals surface area contributed by atoms with Gasteiger partial charge in [-0.3, -0.25) is 0 Å². The number of rotatable bonds is 2. The zero-order chi connectivity index (χ0) is 31.4. The van der Waals surface area contributed by atoms with Gasteiger partial charge in [-0.25, -0.2) is 0 Å². The highest BCUT2D eigenvalue weighted by Crippen LogP contribution is 2.57. The number of nitrogens with zero attached hydrogens (tertiary/aromatic N) is 3. The SMILES string of the molecule is CC1(C)C2=C(CCC=C2)c2c1ccc1c2sc2ccc(-c3c(C#N)cccc3N3c4ccccc4C4C=C(C#N)C=CC43C)cc21. The van der Waals surface area contributed by atoms with Crippen molar-refractivity contribution in [2.45, 2.75) is 50.5 Å². The lowest BCUT2D eigenvalue weighted by atomic mass is 9.78. The summed E-state index contributed by atoms with van der Waals surface area (Å²) in [4.78, 5) is 2.39. The summed E-state index contributed by atoms with van der Waals surface area (Å²) in [5.74, 6) is 0.0189. The molecule has 9 rings (SSSR count). The number of para-hydroxylation sites is 1. The van der Waals surface area contributed by atoms with Gasteiger partial charge in [-0.05, 0) is 89.6 Å². The summed E-state index contributed by atoms with van der Waals surface area (Å²) in [6, 6.07) is 30.9. The number of allylic oxidation sites excluding steroid dienone is 6. The number of benzene rings is 4. The normalized spacial score (nSPS) is 21.9. The van der Waals surface area contributed by atoms with Crippen LogP contribution in [0.25, 0.3) is 36.9 Å². The van der Waals surface area contributed by atoms with Crippen LogP contribution in [0.15, 0.2) is 114 Å². The van der Waals surface area contributed by atoms with Crippen molar-refractivity contribution < 1.29 is 0 Å². The zero-order valence-corrected chi connectivity index (χ0v) is 26.9. The fourth-order valence-electron chi connectivity index (χ4n) is 8.66. The predicted molar refractivity (Wildman–Crippen MR) is 190 cm³/mol. The van der Waals surface area contributed by atoms with Crippen LogP contribution in [0.2, 0.25) is 0 Å². The minimum absolute atomic E-state index is 0.00843. The highest BCUT2D eigenvalue weighted by molar-refractivity contribution is 7.26. The number of nitriles is 2. The Morgan fingerprint density at radius 2 is 1.70 bits per heavy atom. The predicted octanol–water partition coefficient (Wildman–Crippen LogP) is 11.0. The smallest absolute Gasteiger partial charge is 0.0998 e. The Kier molecular flexibility index (Phi) is 5.57. The summed E-state index contributed by atoms with van der Waals surface area (Å²) in [6.07, 6.45) is 13.1. The van der Waals surface area contributed by atoms with Crippen LogP contribution in [0.5, 0.6) is 0 Å². The summed E-state index contributed by atoms with van der Waals surface area (Å²) in [5, 5.41) is 22.7. The molecule has 2 heterocycles. The Labute approximate surface area is 273 Å². The van der Waals surface area contributed by atoms with Gasteiger partial charge in [-0.15, -0.1) is 11.3 Å². The summed E-state index contributed by atoms with van der Waals surface area (Å²) in [6.45, 7) is 6.96. The van der Waals surface area contributed by atoms with Crippen molar-refractivity contribution in [3.63, 3.8) is 0 Å². The first-order valence-corrected chi connectivity index (χ1v) is 16.8. The number of fused-ring (bicyclic) bond motifs is 9. The number of hydrogen-bond acceptors (Lipinski definition) is 4.